The SMILES string of the molecule is CCc1ccc([C@@H]2[C@H](C=O)[C@@H]2S(C)(=O)=O)cc1. The lowest BCUT2D eigenvalue weighted by molar-refractivity contribution is -0.108. The molecule has 0 radical (unpaired) electrons. The van der Waals surface area contributed by atoms with Gasteiger partial charge in [-0.2, -0.15) is 0 Å². The summed E-state index contributed by atoms with van der Waals surface area (Å²) in [5.41, 5.74) is 2.17. The van der Waals surface area contributed by atoms with Crippen LogP contribution in [0, 0.1) is 5.92 Å². The summed E-state index contributed by atoms with van der Waals surface area (Å²) < 4.78 is 23.0. The second-order valence-electron chi connectivity index (χ2n) is 4.63. The van der Waals surface area contributed by atoms with Crippen LogP contribution in [0.4, 0.5) is 0 Å². The van der Waals surface area contributed by atoms with Gasteiger partial charge in [0.15, 0.2) is 9.84 Å². The van der Waals surface area contributed by atoms with E-state index in [0.29, 0.717) is 0 Å². The van der Waals surface area contributed by atoms with Crippen molar-refractivity contribution >= 4 is 16.1 Å². The molecule has 3 nitrogen and oxygen atoms in total. The van der Waals surface area contributed by atoms with Crippen LogP contribution in [-0.4, -0.2) is 26.2 Å². The van der Waals surface area contributed by atoms with Crippen LogP contribution in [0.3, 0.4) is 0 Å². The number of rotatable bonds is 4. The number of carbonyl (C=O) groups is 1. The van der Waals surface area contributed by atoms with Gasteiger partial charge in [0.1, 0.15) is 6.29 Å². The molecule has 1 aromatic carbocycles. The van der Waals surface area contributed by atoms with Crippen molar-refractivity contribution in [1.29, 1.82) is 0 Å². The Bertz CT molecular complexity index is 516. The van der Waals surface area contributed by atoms with Gasteiger partial charge < -0.3 is 4.79 Å². The number of hydrogen-bond acceptors (Lipinski definition) is 3. The molecule has 1 aromatic rings. The maximum absolute atomic E-state index is 11.5. The van der Waals surface area contributed by atoms with Gasteiger partial charge in [0.05, 0.1) is 5.25 Å². The number of benzene rings is 1. The Morgan fingerprint density at radius 1 is 1.24 bits per heavy atom. The summed E-state index contributed by atoms with van der Waals surface area (Å²) in [5, 5.41) is -0.521. The Hall–Kier alpha value is -1.16. The van der Waals surface area contributed by atoms with Crippen LogP contribution in [0.5, 0.6) is 0 Å². The molecular weight excluding hydrogens is 236 g/mol. The third-order valence-corrected chi connectivity index (χ3v) is 5.03. The molecule has 4 heteroatoms. The van der Waals surface area contributed by atoms with Crippen LogP contribution in [0.2, 0.25) is 0 Å². The normalized spacial score (nSPS) is 27.8. The first-order valence-electron chi connectivity index (χ1n) is 5.72. The van der Waals surface area contributed by atoms with Gasteiger partial charge in [0.2, 0.25) is 0 Å². The number of aryl methyl sites for hydroxylation is 1. The largest absolute Gasteiger partial charge is 0.303 e. The van der Waals surface area contributed by atoms with Crippen molar-refractivity contribution in [3.63, 3.8) is 0 Å². The van der Waals surface area contributed by atoms with E-state index in [1.54, 1.807) is 0 Å². The van der Waals surface area contributed by atoms with Gasteiger partial charge in [0.25, 0.3) is 0 Å². The van der Waals surface area contributed by atoms with Crippen LogP contribution >= 0.6 is 0 Å². The first-order chi connectivity index (χ1) is 7.99. The highest BCUT2D eigenvalue weighted by Gasteiger charge is 2.57. The zero-order valence-electron chi connectivity index (χ0n) is 9.96. The van der Waals surface area contributed by atoms with Crippen LogP contribution in [-0.2, 0) is 21.1 Å². The Morgan fingerprint density at radius 3 is 2.18 bits per heavy atom. The summed E-state index contributed by atoms with van der Waals surface area (Å²) in [5.74, 6) is -0.508. The molecule has 0 aromatic heterocycles. The zero-order chi connectivity index (χ0) is 12.6. The van der Waals surface area contributed by atoms with Crippen LogP contribution in [0.15, 0.2) is 24.3 Å². The number of carbonyl (C=O) groups excluding carboxylic acids is 1. The Kier molecular flexibility index (Phi) is 3.08. The molecular formula is C13H16O3S. The molecule has 0 amide bonds. The first kappa shape index (κ1) is 12.3. The van der Waals surface area contributed by atoms with E-state index in [2.05, 4.69) is 6.92 Å². The summed E-state index contributed by atoms with van der Waals surface area (Å²) in [7, 11) is -3.14. The van der Waals surface area contributed by atoms with Gasteiger partial charge in [-0.3, -0.25) is 0 Å². The topological polar surface area (TPSA) is 51.2 Å². The van der Waals surface area contributed by atoms with E-state index in [-0.39, 0.29) is 11.8 Å². The summed E-state index contributed by atoms with van der Waals surface area (Å²) in [6.07, 6.45) is 2.93. The van der Waals surface area contributed by atoms with Crippen molar-refractivity contribution in [1.82, 2.24) is 0 Å². The van der Waals surface area contributed by atoms with Crippen molar-refractivity contribution in [2.24, 2.45) is 5.92 Å². The lowest BCUT2D eigenvalue weighted by atomic mass is 10.1. The molecule has 92 valence electrons. The predicted molar refractivity (Wildman–Crippen MR) is 66.7 cm³/mol. The van der Waals surface area contributed by atoms with Crippen molar-refractivity contribution < 1.29 is 13.2 Å². The third kappa shape index (κ3) is 2.27. The van der Waals surface area contributed by atoms with Crippen molar-refractivity contribution in [2.45, 2.75) is 24.5 Å². The molecule has 1 fully saturated rings. The second kappa shape index (κ2) is 4.26. The maximum Gasteiger partial charge on any atom is 0.151 e. The fourth-order valence-corrected chi connectivity index (χ4v) is 3.99. The molecule has 2 rings (SSSR count). The lowest BCUT2D eigenvalue weighted by Gasteiger charge is -2.01. The van der Waals surface area contributed by atoms with Crippen molar-refractivity contribution in [3.05, 3.63) is 35.4 Å². The zero-order valence-corrected chi connectivity index (χ0v) is 10.8. The average molecular weight is 252 g/mol. The first-order valence-corrected chi connectivity index (χ1v) is 7.67. The Morgan fingerprint density at radius 2 is 1.82 bits per heavy atom. The highest BCUT2D eigenvalue weighted by Crippen LogP contribution is 2.50. The lowest BCUT2D eigenvalue weighted by Crippen LogP contribution is -2.07. The molecule has 17 heavy (non-hydrogen) atoms. The minimum absolute atomic E-state index is 0.145. The molecule has 0 heterocycles. The maximum atomic E-state index is 11.5. The number of aldehydes is 1. The summed E-state index contributed by atoms with van der Waals surface area (Å²) in [6, 6.07) is 7.86. The van der Waals surface area contributed by atoms with Gasteiger partial charge in [-0.1, -0.05) is 31.2 Å². The predicted octanol–water partition coefficient (Wildman–Crippen LogP) is 1.57. The van der Waals surface area contributed by atoms with Crippen LogP contribution < -0.4 is 0 Å². The molecule has 1 aliphatic carbocycles. The monoisotopic (exact) mass is 252 g/mol. The van der Waals surface area contributed by atoms with Gasteiger partial charge in [-0.25, -0.2) is 8.42 Å². The minimum Gasteiger partial charge on any atom is -0.303 e. The Balaban J connectivity index is 2.26. The van der Waals surface area contributed by atoms with E-state index in [1.165, 1.54) is 11.8 Å². The third-order valence-electron chi connectivity index (χ3n) is 3.43. The molecule has 0 saturated heterocycles. The molecule has 0 N–H and O–H groups in total. The van der Waals surface area contributed by atoms with Gasteiger partial charge in [-0.05, 0) is 17.5 Å². The fraction of sp³-hybridized carbons (Fsp3) is 0.462. The fourth-order valence-electron chi connectivity index (χ4n) is 2.41. The van der Waals surface area contributed by atoms with E-state index in [9.17, 15) is 13.2 Å². The Labute approximate surface area is 102 Å². The van der Waals surface area contributed by atoms with Crippen molar-refractivity contribution in [2.75, 3.05) is 6.26 Å². The summed E-state index contributed by atoms with van der Waals surface area (Å²) in [6.45, 7) is 2.07. The molecule has 1 saturated carbocycles. The van der Waals surface area contributed by atoms with E-state index in [4.69, 9.17) is 0 Å². The average Bonchev–Trinajstić information content (AvgIpc) is 3.03. The van der Waals surface area contributed by atoms with E-state index in [0.717, 1.165) is 18.3 Å². The molecule has 1 aliphatic rings. The van der Waals surface area contributed by atoms with Gasteiger partial charge in [-0.15, -0.1) is 0 Å². The van der Waals surface area contributed by atoms with E-state index < -0.39 is 15.1 Å². The summed E-state index contributed by atoms with van der Waals surface area (Å²) >= 11 is 0. The van der Waals surface area contributed by atoms with Crippen molar-refractivity contribution in [3.8, 4) is 0 Å². The smallest absolute Gasteiger partial charge is 0.151 e. The van der Waals surface area contributed by atoms with Crippen LogP contribution in [0.25, 0.3) is 0 Å². The molecule has 0 unspecified atom stereocenters. The standard InChI is InChI=1S/C13H16O3S/c1-3-9-4-6-10(7-5-9)12-11(8-14)13(12)17(2,15)16/h4-8,11-13H,3H2,1-2H3/t11-,12+,13-/m0/s1. The highest BCUT2D eigenvalue weighted by molar-refractivity contribution is 7.91. The summed E-state index contributed by atoms with van der Waals surface area (Å²) in [4.78, 5) is 10.9. The van der Waals surface area contributed by atoms with Gasteiger partial charge >= 0.3 is 0 Å². The highest BCUT2D eigenvalue weighted by atomic mass is 32.2. The number of sulfone groups is 1. The number of hydrogen-bond donors (Lipinski definition) is 0. The minimum atomic E-state index is -3.14. The van der Waals surface area contributed by atoms with E-state index in [1.807, 2.05) is 24.3 Å². The molecule has 0 bridgehead atoms. The quantitative estimate of drug-likeness (QED) is 0.764. The molecule has 0 aliphatic heterocycles. The van der Waals surface area contributed by atoms with Gasteiger partial charge in [0, 0.05) is 18.1 Å². The molecule has 3 atom stereocenters. The second-order valence-corrected chi connectivity index (χ2v) is 6.83. The molecule has 0 spiro atoms. The van der Waals surface area contributed by atoms with Crippen LogP contribution in [0.1, 0.15) is 24.0 Å². The van der Waals surface area contributed by atoms with E-state index >= 15 is 0 Å².